The predicted octanol–water partition coefficient (Wildman–Crippen LogP) is 4.10. The molecule has 0 heterocycles. The minimum Gasteiger partial charge on any atom is -0.192 e. The van der Waals surface area contributed by atoms with Crippen molar-refractivity contribution in [3.05, 3.63) is 28.8 Å². The van der Waals surface area contributed by atoms with Crippen molar-refractivity contribution in [2.75, 3.05) is 5.75 Å². The number of hydrogen-bond acceptors (Lipinski definition) is 2. The maximum atomic E-state index is 8.86. The lowest BCUT2D eigenvalue weighted by Gasteiger charge is -2.03. The molecule has 3 heteroatoms. The van der Waals surface area contributed by atoms with Gasteiger partial charge in [0.1, 0.15) is 6.07 Å². The Hall–Kier alpha value is -0.650. The number of thioether (sulfide) groups is 1. The fourth-order valence-corrected chi connectivity index (χ4v) is 2.40. The van der Waals surface area contributed by atoms with Gasteiger partial charge < -0.3 is 0 Å². The van der Waals surface area contributed by atoms with Gasteiger partial charge in [-0.1, -0.05) is 24.9 Å². The Bertz CT molecular complexity index is 344. The van der Waals surface area contributed by atoms with Crippen molar-refractivity contribution in [3.63, 3.8) is 0 Å². The van der Waals surface area contributed by atoms with E-state index in [2.05, 4.69) is 13.0 Å². The van der Waals surface area contributed by atoms with Crippen LogP contribution in [0.4, 0.5) is 0 Å². The van der Waals surface area contributed by atoms with Crippen LogP contribution in [0.2, 0.25) is 5.02 Å². The van der Waals surface area contributed by atoms with Gasteiger partial charge in [-0.15, -0.1) is 11.8 Å². The standard InChI is InChI=1S/C11H12ClNS/c1-2-3-6-14-11-7-10(12)5-4-9(11)8-13/h4-5,7H,2-3,6H2,1H3. The lowest BCUT2D eigenvalue weighted by atomic mass is 10.2. The van der Waals surface area contributed by atoms with Crippen molar-refractivity contribution in [1.29, 1.82) is 5.26 Å². The Morgan fingerprint density at radius 2 is 2.29 bits per heavy atom. The van der Waals surface area contributed by atoms with Crippen LogP contribution >= 0.6 is 23.4 Å². The summed E-state index contributed by atoms with van der Waals surface area (Å²) >= 11 is 7.57. The third-order valence-electron chi connectivity index (χ3n) is 1.82. The zero-order valence-corrected chi connectivity index (χ0v) is 9.66. The van der Waals surface area contributed by atoms with Crippen molar-refractivity contribution in [2.24, 2.45) is 0 Å². The SMILES string of the molecule is CCCCSc1cc(Cl)ccc1C#N. The number of halogens is 1. The van der Waals surface area contributed by atoms with Gasteiger partial charge in [0.05, 0.1) is 5.56 Å². The molecule has 74 valence electrons. The summed E-state index contributed by atoms with van der Waals surface area (Å²) < 4.78 is 0. The van der Waals surface area contributed by atoms with E-state index in [9.17, 15) is 0 Å². The molecule has 0 saturated heterocycles. The molecule has 0 bridgehead atoms. The van der Waals surface area contributed by atoms with E-state index in [1.165, 1.54) is 12.8 Å². The van der Waals surface area contributed by atoms with Gasteiger partial charge in [0.15, 0.2) is 0 Å². The quantitative estimate of drug-likeness (QED) is 0.569. The molecule has 0 aromatic heterocycles. The van der Waals surface area contributed by atoms with E-state index in [-0.39, 0.29) is 0 Å². The van der Waals surface area contributed by atoms with E-state index in [4.69, 9.17) is 16.9 Å². The minimum atomic E-state index is 0.697. The smallest absolute Gasteiger partial charge is 0.100 e. The Morgan fingerprint density at radius 1 is 1.50 bits per heavy atom. The van der Waals surface area contributed by atoms with Crippen molar-refractivity contribution < 1.29 is 0 Å². The summed E-state index contributed by atoms with van der Waals surface area (Å²) in [4.78, 5) is 0.994. The minimum absolute atomic E-state index is 0.697. The lowest BCUT2D eigenvalue weighted by Crippen LogP contribution is -1.83. The number of nitriles is 1. The monoisotopic (exact) mass is 225 g/mol. The average Bonchev–Trinajstić information content (AvgIpc) is 2.19. The van der Waals surface area contributed by atoms with Crippen LogP contribution in [0.5, 0.6) is 0 Å². The van der Waals surface area contributed by atoms with Crippen molar-refractivity contribution in [3.8, 4) is 6.07 Å². The molecule has 14 heavy (non-hydrogen) atoms. The van der Waals surface area contributed by atoms with Crippen LogP contribution in [0.15, 0.2) is 23.1 Å². The first-order chi connectivity index (χ1) is 6.77. The van der Waals surface area contributed by atoms with Gasteiger partial charge in [0.2, 0.25) is 0 Å². The second-order valence-electron chi connectivity index (χ2n) is 2.95. The predicted molar refractivity (Wildman–Crippen MR) is 61.8 cm³/mol. The molecular weight excluding hydrogens is 214 g/mol. The van der Waals surface area contributed by atoms with Gasteiger partial charge in [-0.25, -0.2) is 0 Å². The summed E-state index contributed by atoms with van der Waals surface area (Å²) in [5.74, 6) is 1.05. The molecule has 1 aromatic carbocycles. The number of rotatable bonds is 4. The highest BCUT2D eigenvalue weighted by molar-refractivity contribution is 7.99. The third-order valence-corrected chi connectivity index (χ3v) is 3.20. The van der Waals surface area contributed by atoms with E-state index < -0.39 is 0 Å². The first-order valence-corrected chi connectivity index (χ1v) is 5.96. The van der Waals surface area contributed by atoms with Crippen LogP contribution in [0.1, 0.15) is 25.3 Å². The largest absolute Gasteiger partial charge is 0.192 e. The van der Waals surface area contributed by atoms with Crippen molar-refractivity contribution >= 4 is 23.4 Å². The number of hydrogen-bond donors (Lipinski definition) is 0. The van der Waals surface area contributed by atoms with Crippen molar-refractivity contribution in [2.45, 2.75) is 24.7 Å². The highest BCUT2D eigenvalue weighted by atomic mass is 35.5. The molecule has 0 radical (unpaired) electrons. The molecule has 0 saturated carbocycles. The molecule has 0 aliphatic carbocycles. The van der Waals surface area contributed by atoms with Gasteiger partial charge in [0.25, 0.3) is 0 Å². The lowest BCUT2D eigenvalue weighted by molar-refractivity contribution is 0.896. The molecule has 0 N–H and O–H groups in total. The third kappa shape index (κ3) is 3.25. The highest BCUT2D eigenvalue weighted by Gasteiger charge is 2.02. The van der Waals surface area contributed by atoms with E-state index in [1.807, 2.05) is 6.07 Å². The van der Waals surface area contributed by atoms with Crippen LogP contribution in [0.3, 0.4) is 0 Å². The molecule has 1 rings (SSSR count). The normalized spacial score (nSPS) is 9.79. The van der Waals surface area contributed by atoms with Crippen LogP contribution in [0.25, 0.3) is 0 Å². The van der Waals surface area contributed by atoms with Gasteiger partial charge >= 0.3 is 0 Å². The fraction of sp³-hybridized carbons (Fsp3) is 0.364. The molecule has 0 aliphatic heterocycles. The maximum absolute atomic E-state index is 8.86. The Labute approximate surface area is 94.1 Å². The van der Waals surface area contributed by atoms with Gasteiger partial charge in [-0.3, -0.25) is 0 Å². The molecule has 0 unspecified atom stereocenters. The van der Waals surface area contributed by atoms with E-state index in [0.29, 0.717) is 5.02 Å². The van der Waals surface area contributed by atoms with Gasteiger partial charge in [-0.2, -0.15) is 5.26 Å². The summed E-state index contributed by atoms with van der Waals surface area (Å²) in [5, 5.41) is 9.56. The van der Waals surface area contributed by atoms with Crippen LogP contribution in [0, 0.1) is 11.3 Å². The zero-order chi connectivity index (χ0) is 10.4. The summed E-state index contributed by atoms with van der Waals surface area (Å²) in [5.41, 5.74) is 0.718. The Kier molecular flexibility index (Phi) is 4.86. The molecule has 0 amide bonds. The summed E-state index contributed by atoms with van der Waals surface area (Å²) in [6.45, 7) is 2.16. The first kappa shape index (κ1) is 11.4. The number of benzene rings is 1. The highest BCUT2D eigenvalue weighted by Crippen LogP contribution is 2.26. The Balaban J connectivity index is 2.73. The molecule has 0 aliphatic rings. The molecule has 0 atom stereocenters. The summed E-state index contributed by atoms with van der Waals surface area (Å²) in [6.07, 6.45) is 2.34. The number of nitrogens with zero attached hydrogens (tertiary/aromatic N) is 1. The van der Waals surface area contributed by atoms with E-state index >= 15 is 0 Å². The summed E-state index contributed by atoms with van der Waals surface area (Å²) in [6, 6.07) is 7.56. The Morgan fingerprint density at radius 3 is 2.93 bits per heavy atom. The van der Waals surface area contributed by atoms with E-state index in [1.54, 1.807) is 23.9 Å². The molecule has 1 nitrogen and oxygen atoms in total. The first-order valence-electron chi connectivity index (χ1n) is 4.60. The molecule has 0 spiro atoms. The van der Waals surface area contributed by atoms with E-state index in [0.717, 1.165) is 16.2 Å². The molecular formula is C11H12ClNS. The second kappa shape index (κ2) is 5.95. The topological polar surface area (TPSA) is 23.8 Å². The van der Waals surface area contributed by atoms with Crippen molar-refractivity contribution in [1.82, 2.24) is 0 Å². The fourth-order valence-electron chi connectivity index (χ4n) is 1.03. The summed E-state index contributed by atoms with van der Waals surface area (Å²) in [7, 11) is 0. The zero-order valence-electron chi connectivity index (χ0n) is 8.09. The number of unbranched alkanes of at least 4 members (excludes halogenated alkanes) is 1. The van der Waals surface area contributed by atoms with Gasteiger partial charge in [-0.05, 0) is 30.4 Å². The van der Waals surface area contributed by atoms with Crippen LogP contribution < -0.4 is 0 Å². The van der Waals surface area contributed by atoms with Gasteiger partial charge in [0, 0.05) is 9.92 Å². The second-order valence-corrected chi connectivity index (χ2v) is 4.53. The maximum Gasteiger partial charge on any atom is 0.100 e. The molecule has 1 aromatic rings. The van der Waals surface area contributed by atoms with Crippen LogP contribution in [-0.2, 0) is 0 Å². The average molecular weight is 226 g/mol. The molecule has 0 fully saturated rings. The van der Waals surface area contributed by atoms with Crippen LogP contribution in [-0.4, -0.2) is 5.75 Å².